The number of fused-ring (bicyclic) bond motifs is 3. The van der Waals surface area contributed by atoms with Crippen LogP contribution in [0.2, 0.25) is 5.02 Å². The number of rotatable bonds is 3. The highest BCUT2D eigenvalue weighted by Crippen LogP contribution is 2.28. The zero-order chi connectivity index (χ0) is 13.4. The number of H-pyrrole nitrogens is 1. The Morgan fingerprint density at radius 1 is 1.47 bits per heavy atom. The van der Waals surface area contributed by atoms with Gasteiger partial charge in [-0.1, -0.05) is 17.7 Å². The molecule has 0 aliphatic rings. The number of hydrogen-bond acceptors (Lipinski definition) is 3. The molecule has 1 N–H and O–H groups in total. The van der Waals surface area contributed by atoms with Crippen molar-refractivity contribution in [3.63, 3.8) is 0 Å². The summed E-state index contributed by atoms with van der Waals surface area (Å²) in [5, 5.41) is 1.38. The van der Waals surface area contributed by atoms with Gasteiger partial charge in [0.05, 0.1) is 24.5 Å². The molecule has 0 aliphatic heterocycles. The number of ether oxygens (including phenoxy) is 1. The Morgan fingerprint density at radius 2 is 2.32 bits per heavy atom. The molecular formula is C13H12ClN3O2. The number of aromatic amines is 1. The molecule has 0 aliphatic carbocycles. The van der Waals surface area contributed by atoms with Gasteiger partial charge in [-0.2, -0.15) is 0 Å². The first kappa shape index (κ1) is 12.2. The third kappa shape index (κ3) is 1.91. The molecule has 0 bridgehead atoms. The van der Waals surface area contributed by atoms with Crippen LogP contribution < -0.4 is 5.56 Å². The standard InChI is InChI=1S/C13H12ClN3O2/c1-19-6-5-17-7-15-11-10-8(14)3-2-4-9(10)16-12(11)13(17)18/h2-4,7,16H,5-6H2,1H3. The molecule has 3 rings (SSSR count). The smallest absolute Gasteiger partial charge is 0.277 e. The predicted octanol–water partition coefficient (Wildman–Crippen LogP) is 2.18. The number of methoxy groups -OCH3 is 1. The van der Waals surface area contributed by atoms with Crippen molar-refractivity contribution in [2.24, 2.45) is 0 Å². The minimum atomic E-state index is -0.116. The molecular weight excluding hydrogens is 266 g/mol. The summed E-state index contributed by atoms with van der Waals surface area (Å²) in [6.07, 6.45) is 1.53. The van der Waals surface area contributed by atoms with Crippen molar-refractivity contribution in [1.29, 1.82) is 0 Å². The molecule has 0 radical (unpaired) electrons. The van der Waals surface area contributed by atoms with E-state index in [0.29, 0.717) is 29.2 Å². The maximum Gasteiger partial charge on any atom is 0.277 e. The van der Waals surface area contributed by atoms with E-state index in [0.717, 1.165) is 10.9 Å². The zero-order valence-electron chi connectivity index (χ0n) is 10.3. The van der Waals surface area contributed by atoms with Crippen LogP contribution in [-0.4, -0.2) is 28.3 Å². The predicted molar refractivity (Wildman–Crippen MR) is 74.7 cm³/mol. The quantitative estimate of drug-likeness (QED) is 0.798. The fourth-order valence-corrected chi connectivity index (χ4v) is 2.41. The minimum absolute atomic E-state index is 0.116. The summed E-state index contributed by atoms with van der Waals surface area (Å²) in [4.78, 5) is 19.7. The Balaban J connectivity index is 2.30. The molecule has 0 saturated heterocycles. The summed E-state index contributed by atoms with van der Waals surface area (Å²) in [6, 6.07) is 5.50. The summed E-state index contributed by atoms with van der Waals surface area (Å²) in [7, 11) is 1.60. The zero-order valence-corrected chi connectivity index (χ0v) is 11.1. The van der Waals surface area contributed by atoms with Gasteiger partial charge < -0.3 is 9.72 Å². The van der Waals surface area contributed by atoms with Gasteiger partial charge >= 0.3 is 0 Å². The van der Waals surface area contributed by atoms with E-state index >= 15 is 0 Å². The van der Waals surface area contributed by atoms with Crippen LogP contribution in [0.4, 0.5) is 0 Å². The maximum absolute atomic E-state index is 12.3. The molecule has 0 amide bonds. The van der Waals surface area contributed by atoms with E-state index in [9.17, 15) is 4.79 Å². The second kappa shape index (κ2) is 4.68. The second-order valence-corrected chi connectivity index (χ2v) is 4.65. The van der Waals surface area contributed by atoms with Crippen molar-refractivity contribution in [1.82, 2.24) is 14.5 Å². The average molecular weight is 278 g/mol. The lowest BCUT2D eigenvalue weighted by atomic mass is 10.2. The van der Waals surface area contributed by atoms with Crippen LogP contribution in [0.5, 0.6) is 0 Å². The van der Waals surface area contributed by atoms with Crippen molar-refractivity contribution < 1.29 is 4.74 Å². The number of hydrogen-bond donors (Lipinski definition) is 1. The second-order valence-electron chi connectivity index (χ2n) is 4.25. The Hall–Kier alpha value is -1.85. The first-order valence-electron chi connectivity index (χ1n) is 5.86. The molecule has 3 aromatic rings. The topological polar surface area (TPSA) is 59.9 Å². The van der Waals surface area contributed by atoms with Crippen LogP contribution in [-0.2, 0) is 11.3 Å². The summed E-state index contributed by atoms with van der Waals surface area (Å²) in [5.74, 6) is 0. The van der Waals surface area contributed by atoms with E-state index < -0.39 is 0 Å². The molecule has 98 valence electrons. The lowest BCUT2D eigenvalue weighted by molar-refractivity contribution is 0.186. The van der Waals surface area contributed by atoms with Gasteiger partial charge in [-0.15, -0.1) is 0 Å². The highest BCUT2D eigenvalue weighted by atomic mass is 35.5. The number of benzene rings is 1. The number of nitrogens with zero attached hydrogens (tertiary/aromatic N) is 2. The van der Waals surface area contributed by atoms with E-state index in [-0.39, 0.29) is 5.56 Å². The Morgan fingerprint density at radius 3 is 3.11 bits per heavy atom. The molecule has 0 atom stereocenters. The van der Waals surface area contributed by atoms with Gasteiger partial charge in [0, 0.05) is 18.0 Å². The van der Waals surface area contributed by atoms with Crippen LogP contribution in [0, 0.1) is 0 Å². The van der Waals surface area contributed by atoms with E-state index in [1.807, 2.05) is 12.1 Å². The van der Waals surface area contributed by atoms with Crippen LogP contribution in [0.25, 0.3) is 21.9 Å². The van der Waals surface area contributed by atoms with Gasteiger partial charge in [0.15, 0.2) is 0 Å². The lowest BCUT2D eigenvalue weighted by Gasteiger charge is -2.03. The molecule has 2 heterocycles. The molecule has 6 heteroatoms. The summed E-state index contributed by atoms with van der Waals surface area (Å²) < 4.78 is 6.49. The number of nitrogens with one attached hydrogen (secondary N) is 1. The van der Waals surface area contributed by atoms with Gasteiger partial charge in [0.2, 0.25) is 0 Å². The van der Waals surface area contributed by atoms with Gasteiger partial charge in [-0.3, -0.25) is 9.36 Å². The molecule has 2 aromatic heterocycles. The monoisotopic (exact) mass is 277 g/mol. The molecule has 0 fully saturated rings. The Kier molecular flexibility index (Phi) is 3.00. The first-order chi connectivity index (χ1) is 9.22. The highest BCUT2D eigenvalue weighted by Gasteiger charge is 2.12. The van der Waals surface area contributed by atoms with E-state index in [4.69, 9.17) is 16.3 Å². The molecule has 0 saturated carbocycles. The van der Waals surface area contributed by atoms with Crippen molar-refractivity contribution in [2.75, 3.05) is 13.7 Å². The van der Waals surface area contributed by atoms with Crippen LogP contribution in [0.3, 0.4) is 0 Å². The third-order valence-corrected chi connectivity index (χ3v) is 3.40. The van der Waals surface area contributed by atoms with Gasteiger partial charge in [0.25, 0.3) is 5.56 Å². The molecule has 0 unspecified atom stereocenters. The fraction of sp³-hybridized carbons (Fsp3) is 0.231. The van der Waals surface area contributed by atoms with Gasteiger partial charge in [-0.05, 0) is 12.1 Å². The molecule has 1 aromatic carbocycles. The van der Waals surface area contributed by atoms with Gasteiger partial charge in [0.1, 0.15) is 11.0 Å². The molecule has 0 spiro atoms. The Bertz CT molecular complexity index is 807. The Labute approximate surface area is 113 Å². The van der Waals surface area contributed by atoms with Crippen molar-refractivity contribution in [3.05, 3.63) is 39.9 Å². The summed E-state index contributed by atoms with van der Waals surface area (Å²) in [5.41, 5.74) is 1.78. The first-order valence-corrected chi connectivity index (χ1v) is 6.24. The summed E-state index contributed by atoms with van der Waals surface area (Å²) in [6.45, 7) is 0.940. The fourth-order valence-electron chi connectivity index (χ4n) is 2.14. The number of halogens is 1. The largest absolute Gasteiger partial charge is 0.383 e. The van der Waals surface area contributed by atoms with Gasteiger partial charge in [-0.25, -0.2) is 4.98 Å². The van der Waals surface area contributed by atoms with E-state index in [1.54, 1.807) is 13.2 Å². The SMILES string of the molecule is COCCn1cnc2c([nH]c3cccc(Cl)c32)c1=O. The van der Waals surface area contributed by atoms with Crippen molar-refractivity contribution in [3.8, 4) is 0 Å². The highest BCUT2D eigenvalue weighted by molar-refractivity contribution is 6.37. The number of aromatic nitrogens is 3. The lowest BCUT2D eigenvalue weighted by Crippen LogP contribution is -2.22. The van der Waals surface area contributed by atoms with Crippen molar-refractivity contribution >= 4 is 33.5 Å². The average Bonchev–Trinajstić information content (AvgIpc) is 2.79. The maximum atomic E-state index is 12.3. The normalized spacial score (nSPS) is 11.5. The molecule has 5 nitrogen and oxygen atoms in total. The van der Waals surface area contributed by atoms with Crippen LogP contribution in [0.15, 0.2) is 29.3 Å². The third-order valence-electron chi connectivity index (χ3n) is 3.08. The van der Waals surface area contributed by atoms with Crippen molar-refractivity contribution in [2.45, 2.75) is 6.54 Å². The van der Waals surface area contributed by atoms with E-state index in [2.05, 4.69) is 9.97 Å². The summed E-state index contributed by atoms with van der Waals surface area (Å²) >= 11 is 6.16. The minimum Gasteiger partial charge on any atom is -0.383 e. The van der Waals surface area contributed by atoms with Crippen LogP contribution in [0.1, 0.15) is 0 Å². The molecule has 19 heavy (non-hydrogen) atoms. The van der Waals surface area contributed by atoms with E-state index in [1.165, 1.54) is 10.9 Å². The van der Waals surface area contributed by atoms with Crippen LogP contribution >= 0.6 is 11.6 Å².